The van der Waals surface area contributed by atoms with Crippen LogP contribution in [0.1, 0.15) is 39.2 Å². The minimum Gasteiger partial charge on any atom is -0.497 e. The summed E-state index contributed by atoms with van der Waals surface area (Å²) in [5, 5.41) is 2.88. The van der Waals surface area contributed by atoms with Gasteiger partial charge in [-0.25, -0.2) is 8.42 Å². The Bertz CT molecular complexity index is 1360. The minimum atomic E-state index is -4.15. The Labute approximate surface area is 243 Å². The third kappa shape index (κ3) is 8.47. The summed E-state index contributed by atoms with van der Waals surface area (Å²) in [4.78, 5) is 28.4. The molecule has 0 fully saturated rings. The van der Waals surface area contributed by atoms with Crippen molar-refractivity contribution in [3.8, 4) is 11.5 Å². The largest absolute Gasteiger partial charge is 0.497 e. The molecule has 0 saturated heterocycles. The smallest absolute Gasteiger partial charge is 0.264 e. The molecule has 220 valence electrons. The van der Waals surface area contributed by atoms with Crippen molar-refractivity contribution in [2.45, 2.75) is 51.1 Å². The highest BCUT2D eigenvalue weighted by Gasteiger charge is 2.32. The number of amides is 2. The first-order valence-corrected chi connectivity index (χ1v) is 15.2. The maximum Gasteiger partial charge on any atom is 0.264 e. The summed E-state index contributed by atoms with van der Waals surface area (Å²) in [6.07, 6.45) is 1.73. The Balaban J connectivity index is 1.96. The van der Waals surface area contributed by atoms with E-state index in [9.17, 15) is 18.0 Å². The SMILES string of the molecule is CCCCNC(=O)[C@H](C)N(Cc1ccc(OC)cc1)C(=O)CN(c1ccccc1)S(=O)(=O)c1ccc(OCC)cc1. The molecule has 3 rings (SSSR count). The second-order valence-electron chi connectivity index (χ2n) is 9.44. The van der Waals surface area contributed by atoms with Crippen LogP contribution in [-0.4, -0.2) is 58.0 Å². The molecule has 1 N–H and O–H groups in total. The van der Waals surface area contributed by atoms with Gasteiger partial charge in [0, 0.05) is 13.1 Å². The number of methoxy groups -OCH3 is 1. The van der Waals surface area contributed by atoms with E-state index in [0.29, 0.717) is 30.3 Å². The van der Waals surface area contributed by atoms with Gasteiger partial charge in [0.1, 0.15) is 24.1 Å². The first kappa shape index (κ1) is 31.5. The number of sulfonamides is 1. The normalized spacial score (nSPS) is 11.8. The molecule has 0 aromatic heterocycles. The first-order chi connectivity index (χ1) is 19.7. The second kappa shape index (κ2) is 15.1. The van der Waals surface area contributed by atoms with Gasteiger partial charge in [-0.15, -0.1) is 0 Å². The van der Waals surface area contributed by atoms with E-state index in [0.717, 1.165) is 22.7 Å². The molecule has 0 aliphatic heterocycles. The van der Waals surface area contributed by atoms with Gasteiger partial charge in [0.05, 0.1) is 24.3 Å². The number of benzene rings is 3. The van der Waals surface area contributed by atoms with E-state index in [1.807, 2.05) is 26.0 Å². The predicted molar refractivity (Wildman–Crippen MR) is 160 cm³/mol. The zero-order valence-electron chi connectivity index (χ0n) is 24.1. The zero-order chi connectivity index (χ0) is 29.8. The lowest BCUT2D eigenvalue weighted by molar-refractivity contribution is -0.139. The standard InChI is InChI=1S/C31H39N3O6S/c1-5-7-21-32-31(36)24(3)33(22-25-13-15-27(39-4)16-14-25)30(35)23-34(26-11-9-8-10-12-26)41(37,38)29-19-17-28(18-20-29)40-6-2/h8-20,24H,5-7,21-23H2,1-4H3,(H,32,36)/t24-/m0/s1. The van der Waals surface area contributed by atoms with E-state index >= 15 is 0 Å². The number of carbonyl (C=O) groups excluding carboxylic acids is 2. The van der Waals surface area contributed by atoms with E-state index in [2.05, 4.69) is 5.32 Å². The number of carbonyl (C=O) groups is 2. The van der Waals surface area contributed by atoms with Crippen molar-refractivity contribution >= 4 is 27.5 Å². The lowest BCUT2D eigenvalue weighted by Crippen LogP contribution is -2.51. The highest BCUT2D eigenvalue weighted by Crippen LogP contribution is 2.26. The monoisotopic (exact) mass is 581 g/mol. The van der Waals surface area contributed by atoms with Crippen LogP contribution in [0, 0.1) is 0 Å². The Hall–Kier alpha value is -4.05. The van der Waals surface area contributed by atoms with Gasteiger partial charge >= 0.3 is 0 Å². The van der Waals surface area contributed by atoms with Crippen LogP contribution < -0.4 is 19.1 Å². The second-order valence-corrected chi connectivity index (χ2v) is 11.3. The minimum absolute atomic E-state index is 0.0182. The number of nitrogens with zero attached hydrogens (tertiary/aromatic N) is 2. The molecule has 1 atom stereocenters. The molecular weight excluding hydrogens is 542 g/mol. The van der Waals surface area contributed by atoms with Crippen LogP contribution in [0.25, 0.3) is 0 Å². The summed E-state index contributed by atoms with van der Waals surface area (Å²) in [5.74, 6) is 0.384. The number of anilines is 1. The fourth-order valence-corrected chi connectivity index (χ4v) is 5.59. The number of rotatable bonds is 15. The van der Waals surface area contributed by atoms with Crippen LogP contribution in [0.3, 0.4) is 0 Å². The van der Waals surface area contributed by atoms with Crippen molar-refractivity contribution < 1.29 is 27.5 Å². The highest BCUT2D eigenvalue weighted by atomic mass is 32.2. The zero-order valence-corrected chi connectivity index (χ0v) is 24.9. The summed E-state index contributed by atoms with van der Waals surface area (Å²) in [7, 11) is -2.58. The number of hydrogen-bond acceptors (Lipinski definition) is 6. The molecule has 2 amide bonds. The Morgan fingerprint density at radius 1 is 0.902 bits per heavy atom. The molecule has 3 aromatic rings. The van der Waals surface area contributed by atoms with Crippen LogP contribution >= 0.6 is 0 Å². The maximum absolute atomic E-state index is 13.9. The molecule has 0 radical (unpaired) electrons. The predicted octanol–water partition coefficient (Wildman–Crippen LogP) is 4.62. The summed E-state index contributed by atoms with van der Waals surface area (Å²) in [6, 6.07) is 20.9. The topological polar surface area (TPSA) is 105 Å². The Morgan fingerprint density at radius 2 is 1.54 bits per heavy atom. The lowest BCUT2D eigenvalue weighted by atomic mass is 10.1. The number of para-hydroxylation sites is 1. The van der Waals surface area contributed by atoms with E-state index in [1.165, 1.54) is 17.0 Å². The lowest BCUT2D eigenvalue weighted by Gasteiger charge is -2.32. The first-order valence-electron chi connectivity index (χ1n) is 13.7. The van der Waals surface area contributed by atoms with E-state index in [4.69, 9.17) is 9.47 Å². The van der Waals surface area contributed by atoms with Crippen LogP contribution in [0.15, 0.2) is 83.8 Å². The molecule has 9 nitrogen and oxygen atoms in total. The van der Waals surface area contributed by atoms with Crippen LogP contribution in [-0.2, 0) is 26.2 Å². The quantitative estimate of drug-likeness (QED) is 0.263. The van der Waals surface area contributed by atoms with Crippen molar-refractivity contribution in [2.24, 2.45) is 0 Å². The number of unbranched alkanes of at least 4 members (excludes halogenated alkanes) is 1. The average Bonchev–Trinajstić information content (AvgIpc) is 2.99. The Kier molecular flexibility index (Phi) is 11.6. The molecule has 0 aliphatic carbocycles. The molecule has 10 heteroatoms. The molecule has 41 heavy (non-hydrogen) atoms. The molecule has 0 saturated carbocycles. The van der Waals surface area contributed by atoms with Crippen LogP contribution in [0.2, 0.25) is 0 Å². The van der Waals surface area contributed by atoms with Crippen molar-refractivity contribution in [2.75, 3.05) is 31.1 Å². The molecule has 0 aliphatic rings. The van der Waals surface area contributed by atoms with Crippen LogP contribution in [0.5, 0.6) is 11.5 Å². The van der Waals surface area contributed by atoms with Gasteiger partial charge in [0.2, 0.25) is 11.8 Å². The van der Waals surface area contributed by atoms with E-state index < -0.39 is 28.5 Å². The van der Waals surface area contributed by atoms with Gasteiger partial charge in [0.25, 0.3) is 10.0 Å². The van der Waals surface area contributed by atoms with Crippen LogP contribution in [0.4, 0.5) is 5.69 Å². The van der Waals surface area contributed by atoms with E-state index in [-0.39, 0.29) is 17.3 Å². The van der Waals surface area contributed by atoms with Gasteiger partial charge in [-0.1, -0.05) is 43.7 Å². The fraction of sp³-hybridized carbons (Fsp3) is 0.355. The molecule has 0 spiro atoms. The van der Waals surface area contributed by atoms with Gasteiger partial charge in [0.15, 0.2) is 0 Å². The molecule has 3 aromatic carbocycles. The van der Waals surface area contributed by atoms with Crippen molar-refractivity contribution in [3.63, 3.8) is 0 Å². The fourth-order valence-electron chi connectivity index (χ4n) is 4.17. The molecule has 0 bridgehead atoms. The number of ether oxygens (including phenoxy) is 2. The summed E-state index contributed by atoms with van der Waals surface area (Å²) in [5.41, 5.74) is 1.10. The van der Waals surface area contributed by atoms with Crippen molar-refractivity contribution in [1.82, 2.24) is 10.2 Å². The third-order valence-corrected chi connectivity index (χ3v) is 8.34. The molecular formula is C31H39N3O6S. The summed E-state index contributed by atoms with van der Waals surface area (Å²) >= 11 is 0. The number of nitrogens with one attached hydrogen (secondary N) is 1. The maximum atomic E-state index is 13.9. The van der Waals surface area contributed by atoms with Crippen molar-refractivity contribution in [3.05, 3.63) is 84.4 Å². The molecule has 0 heterocycles. The summed E-state index contributed by atoms with van der Waals surface area (Å²) < 4.78 is 39.5. The third-order valence-electron chi connectivity index (χ3n) is 6.55. The number of hydrogen-bond donors (Lipinski definition) is 1. The van der Waals surface area contributed by atoms with Gasteiger partial charge in [-0.3, -0.25) is 13.9 Å². The van der Waals surface area contributed by atoms with Gasteiger partial charge in [-0.05, 0) is 74.4 Å². The average molecular weight is 582 g/mol. The summed E-state index contributed by atoms with van der Waals surface area (Å²) in [6.45, 7) is 6.07. The Morgan fingerprint density at radius 3 is 2.12 bits per heavy atom. The van der Waals surface area contributed by atoms with Gasteiger partial charge in [-0.2, -0.15) is 0 Å². The van der Waals surface area contributed by atoms with E-state index in [1.54, 1.807) is 68.6 Å². The van der Waals surface area contributed by atoms with Gasteiger partial charge < -0.3 is 19.7 Å². The molecule has 0 unspecified atom stereocenters. The highest BCUT2D eigenvalue weighted by molar-refractivity contribution is 7.92. The van der Waals surface area contributed by atoms with Crippen molar-refractivity contribution in [1.29, 1.82) is 0 Å².